The molecule has 1 saturated carbocycles. The van der Waals surface area contributed by atoms with Gasteiger partial charge in [-0.2, -0.15) is 0 Å². The quantitative estimate of drug-likeness (QED) is 0.454. The van der Waals surface area contributed by atoms with Gasteiger partial charge in [0.15, 0.2) is 6.10 Å². The normalized spacial score (nSPS) is 22.8. The molecule has 4 atom stereocenters. The van der Waals surface area contributed by atoms with Crippen molar-refractivity contribution in [3.63, 3.8) is 0 Å². The predicted octanol–water partition coefficient (Wildman–Crippen LogP) is 3.15. The minimum Gasteiger partial charge on any atom is -0.449 e. The van der Waals surface area contributed by atoms with Gasteiger partial charge in [-0.25, -0.2) is 4.79 Å². The molecular weight excluding hydrogens is 362 g/mol. The number of benzene rings is 1. The Morgan fingerprint density at radius 3 is 2.57 bits per heavy atom. The summed E-state index contributed by atoms with van der Waals surface area (Å²) in [5.41, 5.74) is 0.330. The Kier molecular flexibility index (Phi) is 6.99. The summed E-state index contributed by atoms with van der Waals surface area (Å²) in [5.74, 6) is -0.224. The van der Waals surface area contributed by atoms with Crippen LogP contribution in [0, 0.1) is 22.0 Å². The lowest BCUT2D eigenvalue weighted by Crippen LogP contribution is -2.47. The highest BCUT2D eigenvalue weighted by Gasteiger charge is 2.30. The minimum atomic E-state index is -0.994. The molecule has 1 N–H and O–H groups in total. The fourth-order valence-electron chi connectivity index (χ4n) is 3.55. The number of anilines is 1. The van der Waals surface area contributed by atoms with Crippen molar-refractivity contribution in [3.05, 3.63) is 33.9 Å². The van der Waals surface area contributed by atoms with Gasteiger partial charge in [-0.15, -0.1) is 0 Å². The van der Waals surface area contributed by atoms with E-state index in [-0.39, 0.29) is 23.2 Å². The van der Waals surface area contributed by atoms with Crippen LogP contribution in [0.5, 0.6) is 0 Å². The highest BCUT2D eigenvalue weighted by molar-refractivity contribution is 5.98. The summed E-state index contributed by atoms with van der Waals surface area (Å²) in [5, 5.41) is 14.0. The van der Waals surface area contributed by atoms with Crippen LogP contribution < -0.4 is 10.2 Å². The first-order valence-corrected chi connectivity index (χ1v) is 9.59. The first kappa shape index (κ1) is 21.7. The van der Waals surface area contributed by atoms with E-state index in [1.807, 2.05) is 0 Å². The van der Waals surface area contributed by atoms with E-state index in [1.165, 1.54) is 25.1 Å². The van der Waals surface area contributed by atoms with Crippen LogP contribution >= 0.6 is 0 Å². The first-order chi connectivity index (χ1) is 13.1. The number of hydrogen-bond acceptors (Lipinski definition) is 6. The third-order valence-electron chi connectivity index (χ3n) is 5.58. The highest BCUT2D eigenvalue weighted by atomic mass is 16.6. The fourth-order valence-corrected chi connectivity index (χ4v) is 3.55. The summed E-state index contributed by atoms with van der Waals surface area (Å²) >= 11 is 0. The molecule has 1 aliphatic carbocycles. The number of nitro benzene ring substituents is 1. The maximum absolute atomic E-state index is 12.6. The van der Waals surface area contributed by atoms with Gasteiger partial charge in [-0.05, 0) is 31.2 Å². The van der Waals surface area contributed by atoms with Crippen LogP contribution in [0.2, 0.25) is 0 Å². The number of nitrogens with zero attached hydrogens (tertiary/aromatic N) is 2. The molecule has 1 aliphatic rings. The molecule has 8 nitrogen and oxygen atoms in total. The summed E-state index contributed by atoms with van der Waals surface area (Å²) in [7, 11) is 3.44. The van der Waals surface area contributed by atoms with E-state index < -0.39 is 17.0 Å². The van der Waals surface area contributed by atoms with Crippen LogP contribution in [0.3, 0.4) is 0 Å². The molecule has 0 unspecified atom stereocenters. The Balaban J connectivity index is 2.10. The van der Waals surface area contributed by atoms with Crippen molar-refractivity contribution in [1.29, 1.82) is 0 Å². The number of ether oxygens (including phenoxy) is 1. The van der Waals surface area contributed by atoms with Crippen LogP contribution in [-0.4, -0.2) is 43.0 Å². The average molecular weight is 391 g/mol. The lowest BCUT2D eigenvalue weighted by molar-refractivity contribution is -0.384. The largest absolute Gasteiger partial charge is 0.449 e. The van der Waals surface area contributed by atoms with E-state index in [1.54, 1.807) is 19.0 Å². The van der Waals surface area contributed by atoms with Crippen LogP contribution in [0.4, 0.5) is 11.4 Å². The van der Waals surface area contributed by atoms with E-state index in [9.17, 15) is 19.7 Å². The Hall–Kier alpha value is -2.64. The van der Waals surface area contributed by atoms with Crippen molar-refractivity contribution in [2.45, 2.75) is 52.2 Å². The molecule has 154 valence electrons. The van der Waals surface area contributed by atoms with Gasteiger partial charge in [-0.3, -0.25) is 14.9 Å². The Labute approximate surface area is 165 Å². The SMILES string of the molecule is C[C@@H]1[C@@H](C)CCC[C@H]1NC(=O)[C@@H](C)OC(=O)c1cc([N+](=O)[O-])ccc1N(C)C. The molecule has 28 heavy (non-hydrogen) atoms. The Bertz CT molecular complexity index is 749. The number of non-ortho nitro benzene ring substituents is 1. The molecule has 0 spiro atoms. The zero-order valence-corrected chi connectivity index (χ0v) is 17.1. The number of hydrogen-bond donors (Lipinski definition) is 1. The van der Waals surface area contributed by atoms with E-state index in [0.29, 0.717) is 17.5 Å². The van der Waals surface area contributed by atoms with Gasteiger partial charge in [0.05, 0.1) is 16.2 Å². The van der Waals surface area contributed by atoms with E-state index >= 15 is 0 Å². The van der Waals surface area contributed by atoms with Gasteiger partial charge >= 0.3 is 5.97 Å². The van der Waals surface area contributed by atoms with E-state index in [4.69, 9.17) is 4.74 Å². The van der Waals surface area contributed by atoms with Crippen LogP contribution in [0.1, 0.15) is 50.4 Å². The second-order valence-electron chi connectivity index (χ2n) is 7.78. The lowest BCUT2D eigenvalue weighted by Gasteiger charge is -2.35. The molecule has 0 bridgehead atoms. The third-order valence-corrected chi connectivity index (χ3v) is 5.58. The minimum absolute atomic E-state index is 0.0542. The topological polar surface area (TPSA) is 102 Å². The van der Waals surface area contributed by atoms with Crippen molar-refractivity contribution in [2.24, 2.45) is 11.8 Å². The van der Waals surface area contributed by atoms with Gasteiger partial charge in [0.25, 0.3) is 11.6 Å². The second kappa shape index (κ2) is 9.03. The number of carbonyl (C=O) groups excluding carboxylic acids is 2. The fraction of sp³-hybridized carbons (Fsp3) is 0.600. The molecular formula is C20H29N3O5. The van der Waals surface area contributed by atoms with Crippen LogP contribution in [-0.2, 0) is 9.53 Å². The van der Waals surface area contributed by atoms with Gasteiger partial charge in [0.2, 0.25) is 0 Å². The van der Waals surface area contributed by atoms with Crippen molar-refractivity contribution < 1.29 is 19.2 Å². The highest BCUT2D eigenvalue weighted by Crippen LogP contribution is 2.30. The number of nitrogens with one attached hydrogen (secondary N) is 1. The molecule has 1 aromatic rings. The zero-order valence-electron chi connectivity index (χ0n) is 17.1. The maximum Gasteiger partial charge on any atom is 0.341 e. The summed E-state index contributed by atoms with van der Waals surface area (Å²) in [6.07, 6.45) is 2.13. The summed E-state index contributed by atoms with van der Waals surface area (Å²) in [4.78, 5) is 37.3. The number of rotatable bonds is 6. The Morgan fingerprint density at radius 2 is 1.96 bits per heavy atom. The molecule has 0 heterocycles. The molecule has 1 amide bonds. The van der Waals surface area contributed by atoms with Crippen molar-refractivity contribution in [2.75, 3.05) is 19.0 Å². The predicted molar refractivity (Wildman–Crippen MR) is 106 cm³/mol. The monoisotopic (exact) mass is 391 g/mol. The number of nitro groups is 1. The smallest absolute Gasteiger partial charge is 0.341 e. The van der Waals surface area contributed by atoms with Crippen molar-refractivity contribution in [1.82, 2.24) is 5.32 Å². The summed E-state index contributed by atoms with van der Waals surface area (Å²) in [6.45, 7) is 5.81. The molecule has 1 aromatic carbocycles. The summed E-state index contributed by atoms with van der Waals surface area (Å²) < 4.78 is 5.33. The van der Waals surface area contributed by atoms with Crippen LogP contribution in [0.25, 0.3) is 0 Å². The molecule has 0 aliphatic heterocycles. The van der Waals surface area contributed by atoms with Gasteiger partial charge in [0.1, 0.15) is 0 Å². The molecule has 2 rings (SSSR count). The lowest BCUT2D eigenvalue weighted by atomic mass is 9.78. The van der Waals surface area contributed by atoms with Crippen molar-refractivity contribution in [3.8, 4) is 0 Å². The molecule has 0 radical (unpaired) electrons. The van der Waals surface area contributed by atoms with Gasteiger partial charge in [0, 0.05) is 32.3 Å². The van der Waals surface area contributed by atoms with E-state index in [0.717, 1.165) is 19.3 Å². The van der Waals surface area contributed by atoms with E-state index in [2.05, 4.69) is 19.2 Å². The standard InChI is InChI=1S/C20H29N3O5/c1-12-7-6-8-17(13(12)2)21-19(24)14(3)28-20(25)16-11-15(23(26)27)9-10-18(16)22(4)5/h9-14,17H,6-8H2,1-5H3,(H,21,24)/t12-,13+,14+,17+/m0/s1. The molecule has 1 fully saturated rings. The summed E-state index contributed by atoms with van der Waals surface area (Å²) in [6, 6.07) is 4.05. The molecule has 0 aromatic heterocycles. The second-order valence-corrected chi connectivity index (χ2v) is 7.78. The van der Waals surface area contributed by atoms with Gasteiger partial charge in [-0.1, -0.05) is 26.7 Å². The molecule has 8 heteroatoms. The third kappa shape index (κ3) is 4.99. The number of esters is 1. The number of amides is 1. The number of carbonyl (C=O) groups is 2. The zero-order chi connectivity index (χ0) is 21.0. The van der Waals surface area contributed by atoms with Gasteiger partial charge < -0.3 is 15.0 Å². The van der Waals surface area contributed by atoms with Crippen molar-refractivity contribution >= 4 is 23.3 Å². The Morgan fingerprint density at radius 1 is 1.29 bits per heavy atom. The maximum atomic E-state index is 12.6. The average Bonchev–Trinajstić information content (AvgIpc) is 2.64. The first-order valence-electron chi connectivity index (χ1n) is 9.59. The molecule has 0 saturated heterocycles. The van der Waals surface area contributed by atoms with Crippen LogP contribution in [0.15, 0.2) is 18.2 Å².